The summed E-state index contributed by atoms with van der Waals surface area (Å²) in [5.74, 6) is -0.191. The molecule has 0 radical (unpaired) electrons. The second kappa shape index (κ2) is 4.40. The third-order valence-electron chi connectivity index (χ3n) is 1.94. The van der Waals surface area contributed by atoms with Gasteiger partial charge in [-0.15, -0.1) is 0 Å². The summed E-state index contributed by atoms with van der Waals surface area (Å²) in [6.45, 7) is 0. The van der Waals surface area contributed by atoms with Gasteiger partial charge in [-0.2, -0.15) is 13.2 Å². The van der Waals surface area contributed by atoms with E-state index in [4.69, 9.17) is 5.73 Å². The van der Waals surface area contributed by atoms with E-state index in [0.717, 1.165) is 0 Å². The van der Waals surface area contributed by atoms with Crippen molar-refractivity contribution >= 4 is 15.9 Å². The van der Waals surface area contributed by atoms with Crippen molar-refractivity contribution in [3.8, 4) is 5.75 Å². The first kappa shape index (κ1) is 12.3. The Morgan fingerprint density at radius 2 is 2.00 bits per heavy atom. The van der Waals surface area contributed by atoms with Crippen LogP contribution in [-0.4, -0.2) is 17.3 Å². The zero-order valence-electron chi connectivity index (χ0n) is 7.55. The van der Waals surface area contributed by atoms with Crippen LogP contribution in [0.4, 0.5) is 13.2 Å². The minimum atomic E-state index is -4.46. The van der Waals surface area contributed by atoms with E-state index in [-0.39, 0.29) is 11.3 Å². The fourth-order valence-corrected chi connectivity index (χ4v) is 1.60. The largest absolute Gasteiger partial charge is 0.508 e. The maximum absolute atomic E-state index is 12.2. The Morgan fingerprint density at radius 1 is 1.40 bits per heavy atom. The monoisotopic (exact) mass is 283 g/mol. The minimum Gasteiger partial charge on any atom is -0.508 e. The summed E-state index contributed by atoms with van der Waals surface area (Å²) in [6, 6.07) is 2.44. The van der Waals surface area contributed by atoms with Crippen molar-refractivity contribution in [1.29, 1.82) is 0 Å². The van der Waals surface area contributed by atoms with Crippen molar-refractivity contribution in [2.45, 2.75) is 18.6 Å². The van der Waals surface area contributed by atoms with E-state index in [1.807, 2.05) is 0 Å². The first-order valence-corrected chi connectivity index (χ1v) is 4.90. The molecule has 15 heavy (non-hydrogen) atoms. The molecule has 0 aromatic heterocycles. The van der Waals surface area contributed by atoms with E-state index in [1.165, 1.54) is 12.1 Å². The van der Waals surface area contributed by atoms with Crippen molar-refractivity contribution in [3.05, 3.63) is 28.2 Å². The molecule has 1 aromatic rings. The van der Waals surface area contributed by atoms with Crippen molar-refractivity contribution < 1.29 is 18.3 Å². The number of hydrogen-bond acceptors (Lipinski definition) is 2. The third kappa shape index (κ3) is 3.10. The molecule has 84 valence electrons. The second-order valence-corrected chi connectivity index (χ2v) is 3.94. The molecule has 0 aliphatic heterocycles. The highest BCUT2D eigenvalue weighted by atomic mass is 79.9. The van der Waals surface area contributed by atoms with Crippen LogP contribution in [0.1, 0.15) is 5.56 Å². The van der Waals surface area contributed by atoms with Gasteiger partial charge < -0.3 is 10.8 Å². The van der Waals surface area contributed by atoms with E-state index < -0.39 is 18.6 Å². The average Bonchev–Trinajstić information content (AvgIpc) is 2.09. The molecule has 0 fully saturated rings. The Hall–Kier alpha value is -0.750. The lowest BCUT2D eigenvalue weighted by atomic mass is 10.1. The summed E-state index contributed by atoms with van der Waals surface area (Å²) in [5, 5.41) is 9.35. The van der Waals surface area contributed by atoms with Crippen molar-refractivity contribution in [1.82, 2.24) is 0 Å². The number of phenolic OH excluding ortho intramolecular Hbond substituents is 1. The molecular formula is C9H9BrF3NO. The average molecular weight is 284 g/mol. The Labute approximate surface area is 93.0 Å². The molecule has 0 spiro atoms. The predicted molar refractivity (Wildman–Crippen MR) is 53.5 cm³/mol. The molecule has 0 saturated heterocycles. The van der Waals surface area contributed by atoms with E-state index in [2.05, 4.69) is 15.9 Å². The quantitative estimate of drug-likeness (QED) is 0.876. The van der Waals surface area contributed by atoms with Crippen LogP contribution in [0.2, 0.25) is 0 Å². The lowest BCUT2D eigenvalue weighted by Gasteiger charge is -2.16. The first-order valence-electron chi connectivity index (χ1n) is 4.11. The summed E-state index contributed by atoms with van der Waals surface area (Å²) in [6.07, 6.45) is -4.90. The zero-order chi connectivity index (χ0) is 11.6. The predicted octanol–water partition coefficient (Wildman–Crippen LogP) is 2.59. The van der Waals surface area contributed by atoms with Gasteiger partial charge in [0, 0.05) is 16.5 Å². The van der Waals surface area contributed by atoms with Gasteiger partial charge in [-0.05, 0) is 12.1 Å². The molecular weight excluding hydrogens is 275 g/mol. The van der Waals surface area contributed by atoms with Crippen LogP contribution >= 0.6 is 15.9 Å². The van der Waals surface area contributed by atoms with Crippen LogP contribution in [0.25, 0.3) is 0 Å². The Kier molecular flexibility index (Phi) is 3.62. The summed E-state index contributed by atoms with van der Waals surface area (Å²) < 4.78 is 36.9. The SMILES string of the molecule is NC(Cc1c(O)cccc1Br)C(F)(F)F. The van der Waals surface area contributed by atoms with Crippen LogP contribution in [0.5, 0.6) is 5.75 Å². The van der Waals surface area contributed by atoms with E-state index in [1.54, 1.807) is 6.07 Å². The molecule has 3 N–H and O–H groups in total. The highest BCUT2D eigenvalue weighted by Gasteiger charge is 2.37. The molecule has 0 heterocycles. The van der Waals surface area contributed by atoms with Gasteiger partial charge in [0.1, 0.15) is 11.8 Å². The van der Waals surface area contributed by atoms with Crippen molar-refractivity contribution in [3.63, 3.8) is 0 Å². The van der Waals surface area contributed by atoms with E-state index in [0.29, 0.717) is 4.47 Å². The number of aromatic hydroxyl groups is 1. The fourth-order valence-electron chi connectivity index (χ4n) is 1.08. The topological polar surface area (TPSA) is 46.2 Å². The molecule has 1 atom stereocenters. The number of rotatable bonds is 2. The standard InChI is InChI=1S/C9H9BrF3NO/c10-6-2-1-3-7(15)5(6)4-8(14)9(11,12)13/h1-3,8,15H,4,14H2. The molecule has 1 unspecified atom stereocenters. The molecule has 0 aliphatic carbocycles. The van der Waals surface area contributed by atoms with Gasteiger partial charge in [-0.25, -0.2) is 0 Å². The first-order chi connectivity index (χ1) is 6.82. The fraction of sp³-hybridized carbons (Fsp3) is 0.333. The van der Waals surface area contributed by atoms with Gasteiger partial charge in [-0.1, -0.05) is 22.0 Å². The summed E-state index contributed by atoms with van der Waals surface area (Å²) in [5.41, 5.74) is 5.13. The molecule has 0 amide bonds. The van der Waals surface area contributed by atoms with E-state index >= 15 is 0 Å². The molecule has 2 nitrogen and oxygen atoms in total. The van der Waals surface area contributed by atoms with E-state index in [9.17, 15) is 18.3 Å². The van der Waals surface area contributed by atoms with Gasteiger partial charge in [-0.3, -0.25) is 0 Å². The highest BCUT2D eigenvalue weighted by molar-refractivity contribution is 9.10. The van der Waals surface area contributed by atoms with Gasteiger partial charge in [0.15, 0.2) is 0 Å². The van der Waals surface area contributed by atoms with Crippen LogP contribution in [0.15, 0.2) is 22.7 Å². The van der Waals surface area contributed by atoms with Gasteiger partial charge in [0.25, 0.3) is 0 Å². The summed E-state index contributed by atoms with van der Waals surface area (Å²) in [7, 11) is 0. The number of halogens is 4. The number of nitrogens with two attached hydrogens (primary N) is 1. The van der Waals surface area contributed by atoms with Crippen molar-refractivity contribution in [2.24, 2.45) is 5.73 Å². The number of phenols is 1. The Bertz CT molecular complexity index is 333. The highest BCUT2D eigenvalue weighted by Crippen LogP contribution is 2.30. The molecule has 0 saturated carbocycles. The lowest BCUT2D eigenvalue weighted by molar-refractivity contribution is -0.147. The van der Waals surface area contributed by atoms with Crippen LogP contribution in [0, 0.1) is 0 Å². The second-order valence-electron chi connectivity index (χ2n) is 3.09. The number of hydrogen-bond donors (Lipinski definition) is 2. The normalized spacial score (nSPS) is 13.9. The third-order valence-corrected chi connectivity index (χ3v) is 2.68. The van der Waals surface area contributed by atoms with Crippen molar-refractivity contribution in [2.75, 3.05) is 0 Å². The summed E-state index contributed by atoms with van der Waals surface area (Å²) >= 11 is 3.06. The van der Waals surface area contributed by atoms with Gasteiger partial charge in [0.05, 0.1) is 0 Å². The molecule has 1 rings (SSSR count). The molecule has 1 aromatic carbocycles. The number of benzene rings is 1. The smallest absolute Gasteiger partial charge is 0.403 e. The minimum absolute atomic E-state index is 0.169. The maximum Gasteiger partial charge on any atom is 0.403 e. The van der Waals surface area contributed by atoms with Gasteiger partial charge in [0.2, 0.25) is 0 Å². The number of alkyl halides is 3. The molecule has 6 heteroatoms. The van der Waals surface area contributed by atoms with Crippen LogP contribution in [0.3, 0.4) is 0 Å². The van der Waals surface area contributed by atoms with Crippen LogP contribution < -0.4 is 5.73 Å². The Morgan fingerprint density at radius 3 is 2.47 bits per heavy atom. The summed E-state index contributed by atoms with van der Waals surface area (Å²) in [4.78, 5) is 0. The lowest BCUT2D eigenvalue weighted by Crippen LogP contribution is -2.39. The maximum atomic E-state index is 12.2. The zero-order valence-corrected chi connectivity index (χ0v) is 9.14. The molecule has 0 aliphatic rings. The Balaban J connectivity index is 2.90. The molecule has 0 bridgehead atoms. The van der Waals surface area contributed by atoms with Gasteiger partial charge >= 0.3 is 6.18 Å². The van der Waals surface area contributed by atoms with Crippen LogP contribution in [-0.2, 0) is 6.42 Å².